The number of phosphoric ester groups is 1. The largest absolute Gasteiger partial charge is 0.756 e. The van der Waals surface area contributed by atoms with Crippen molar-refractivity contribution < 1.29 is 42.1 Å². The average molecular weight is 886 g/mol. The molecule has 0 aliphatic heterocycles. The van der Waals surface area contributed by atoms with Crippen molar-refractivity contribution in [3.63, 3.8) is 0 Å². The summed E-state index contributed by atoms with van der Waals surface area (Å²) in [5.74, 6) is -0.833. The number of ether oxygens (including phenoxy) is 2. The topological polar surface area (TPSA) is 111 Å². The number of esters is 2. The molecular weight excluding hydrogens is 786 g/mol. The van der Waals surface area contributed by atoms with Crippen molar-refractivity contribution in [2.45, 2.75) is 258 Å². The third-order valence-electron chi connectivity index (χ3n) is 11.5. The van der Waals surface area contributed by atoms with Gasteiger partial charge in [0.25, 0.3) is 7.82 Å². The van der Waals surface area contributed by atoms with E-state index in [0.29, 0.717) is 17.4 Å². The van der Waals surface area contributed by atoms with Gasteiger partial charge < -0.3 is 27.9 Å². The number of likely N-dealkylation sites (N-methyl/N-ethyl adjacent to an activating group) is 1. The summed E-state index contributed by atoms with van der Waals surface area (Å²) in [4.78, 5) is 37.6. The smallest absolute Gasteiger partial charge is 0.306 e. The Kier molecular flexibility index (Phi) is 43.1. The molecule has 0 aromatic heterocycles. The molecule has 0 saturated carbocycles. The molecule has 0 amide bonds. The number of unbranched alkanes of at least 4 members (excludes halogenated alkanes) is 32. The summed E-state index contributed by atoms with van der Waals surface area (Å²) in [5, 5.41) is 0. The third kappa shape index (κ3) is 48.1. The maximum atomic E-state index is 12.7. The van der Waals surface area contributed by atoms with Gasteiger partial charge in [0.1, 0.15) is 19.8 Å². The second-order valence-electron chi connectivity index (χ2n) is 18.9. The van der Waals surface area contributed by atoms with Crippen LogP contribution >= 0.6 is 7.82 Å². The Hall–Kier alpha value is -1.25. The molecule has 0 fully saturated rings. The second-order valence-corrected chi connectivity index (χ2v) is 20.3. The highest BCUT2D eigenvalue weighted by Gasteiger charge is 2.21. The maximum Gasteiger partial charge on any atom is 0.306 e. The highest BCUT2D eigenvalue weighted by Crippen LogP contribution is 2.38. The molecule has 0 aliphatic carbocycles. The van der Waals surface area contributed by atoms with E-state index in [-0.39, 0.29) is 32.0 Å². The lowest BCUT2D eigenvalue weighted by Gasteiger charge is -2.28. The van der Waals surface area contributed by atoms with E-state index in [4.69, 9.17) is 18.5 Å². The van der Waals surface area contributed by atoms with Crippen molar-refractivity contribution in [1.82, 2.24) is 0 Å². The number of quaternary nitrogens is 1. The zero-order valence-corrected chi connectivity index (χ0v) is 41.8. The fourth-order valence-electron chi connectivity index (χ4n) is 7.46. The maximum absolute atomic E-state index is 12.7. The van der Waals surface area contributed by atoms with Gasteiger partial charge >= 0.3 is 11.9 Å². The first-order chi connectivity index (χ1) is 29.5. The predicted molar refractivity (Wildman–Crippen MR) is 255 cm³/mol. The van der Waals surface area contributed by atoms with Gasteiger partial charge in [-0.25, -0.2) is 0 Å². The highest BCUT2D eigenvalue weighted by molar-refractivity contribution is 7.45. The van der Waals surface area contributed by atoms with Crippen molar-refractivity contribution in [2.24, 2.45) is 0 Å². The van der Waals surface area contributed by atoms with Crippen LogP contribution in [0.2, 0.25) is 0 Å². The van der Waals surface area contributed by atoms with Gasteiger partial charge in [-0.15, -0.1) is 0 Å². The molecule has 0 spiro atoms. The minimum atomic E-state index is -4.62. The molecule has 0 N–H and O–H groups in total. The number of phosphoric acid groups is 1. The Morgan fingerprint density at radius 2 is 0.852 bits per heavy atom. The summed E-state index contributed by atoms with van der Waals surface area (Å²) in [6.07, 6.45) is 48.4. The van der Waals surface area contributed by atoms with Crippen LogP contribution in [-0.2, 0) is 32.7 Å². The summed E-state index contributed by atoms with van der Waals surface area (Å²) < 4.78 is 34.0. The Bertz CT molecular complexity index is 1050. The number of nitrogens with zero attached hydrogens (tertiary/aromatic N) is 1. The van der Waals surface area contributed by atoms with Gasteiger partial charge in [-0.2, -0.15) is 0 Å². The van der Waals surface area contributed by atoms with Crippen LogP contribution in [0.4, 0.5) is 0 Å². The SMILES string of the molecule is CCCC/C=C\CCCCCCCC(=O)OC(COC(=O)CCCCCCCCCCCCCCCCCCCCCCCCCCCC)COP(=O)([O-])OCC[N+](C)(C)C. The molecule has 362 valence electrons. The molecule has 2 atom stereocenters. The van der Waals surface area contributed by atoms with Crippen molar-refractivity contribution in [3.8, 4) is 0 Å². The molecule has 0 aromatic rings. The summed E-state index contributed by atoms with van der Waals surface area (Å²) in [6.45, 7) is 4.22. The van der Waals surface area contributed by atoms with Crippen LogP contribution < -0.4 is 4.89 Å². The molecule has 61 heavy (non-hydrogen) atoms. The molecule has 0 radical (unpaired) electrons. The summed E-state index contributed by atoms with van der Waals surface area (Å²) in [7, 11) is 1.17. The van der Waals surface area contributed by atoms with Gasteiger partial charge in [0.15, 0.2) is 6.10 Å². The summed E-state index contributed by atoms with van der Waals surface area (Å²) in [6, 6.07) is 0. The lowest BCUT2D eigenvalue weighted by atomic mass is 10.0. The normalized spacial score (nSPS) is 13.5. The monoisotopic (exact) mass is 886 g/mol. The van der Waals surface area contributed by atoms with Gasteiger partial charge in [0.2, 0.25) is 0 Å². The number of carbonyl (C=O) groups is 2. The number of hydrogen-bond acceptors (Lipinski definition) is 8. The Morgan fingerprint density at radius 3 is 1.26 bits per heavy atom. The highest BCUT2D eigenvalue weighted by atomic mass is 31.2. The third-order valence-corrected chi connectivity index (χ3v) is 12.5. The molecule has 0 rings (SSSR count). The quantitative estimate of drug-likeness (QED) is 0.0195. The van der Waals surface area contributed by atoms with Crippen LogP contribution in [0, 0.1) is 0 Å². The summed E-state index contributed by atoms with van der Waals surface area (Å²) in [5.41, 5.74) is 0. The molecule has 0 bridgehead atoms. The van der Waals surface area contributed by atoms with Gasteiger partial charge in [-0.05, 0) is 32.1 Å². The Labute approximate surface area is 377 Å². The van der Waals surface area contributed by atoms with Crippen LogP contribution in [0.5, 0.6) is 0 Å². The molecule has 9 nitrogen and oxygen atoms in total. The summed E-state index contributed by atoms with van der Waals surface area (Å²) >= 11 is 0. The van der Waals surface area contributed by atoms with Gasteiger partial charge in [0.05, 0.1) is 27.7 Å². The zero-order chi connectivity index (χ0) is 45.0. The van der Waals surface area contributed by atoms with Crippen LogP contribution in [-0.4, -0.2) is 70.0 Å². The Balaban J connectivity index is 4.04. The molecule has 0 aromatic carbocycles. The van der Waals surface area contributed by atoms with E-state index in [2.05, 4.69) is 26.0 Å². The van der Waals surface area contributed by atoms with E-state index < -0.39 is 26.5 Å². The lowest BCUT2D eigenvalue weighted by molar-refractivity contribution is -0.870. The Morgan fingerprint density at radius 1 is 0.492 bits per heavy atom. The molecule has 0 heterocycles. The molecule has 0 saturated heterocycles. The van der Waals surface area contributed by atoms with E-state index in [1.807, 2.05) is 21.1 Å². The van der Waals surface area contributed by atoms with Crippen molar-refractivity contribution in [2.75, 3.05) is 47.5 Å². The lowest BCUT2D eigenvalue weighted by Crippen LogP contribution is -2.37. The van der Waals surface area contributed by atoms with Gasteiger partial charge in [-0.1, -0.05) is 219 Å². The van der Waals surface area contributed by atoms with E-state index in [1.54, 1.807) is 0 Å². The first-order valence-electron chi connectivity index (χ1n) is 25.9. The fourth-order valence-corrected chi connectivity index (χ4v) is 8.19. The van der Waals surface area contributed by atoms with Crippen molar-refractivity contribution >= 4 is 19.8 Å². The standard InChI is InChI=1S/C51H100NO8P/c1-6-8-10-12-14-16-18-19-20-21-22-23-24-25-26-27-28-29-30-31-32-34-35-37-39-41-43-50(53)57-47-49(48-59-61(55,56)58-46-45-52(3,4)5)60-51(54)44-42-40-38-36-33-17-15-13-11-9-7-2/h13,15,49H,6-12,14,16-48H2,1-5H3/b15-13-. The molecule has 0 aliphatic rings. The van der Waals surface area contributed by atoms with Crippen LogP contribution in [0.15, 0.2) is 12.2 Å². The van der Waals surface area contributed by atoms with Crippen LogP contribution in [0.3, 0.4) is 0 Å². The fraction of sp³-hybridized carbons (Fsp3) is 0.922. The van der Waals surface area contributed by atoms with Gasteiger partial charge in [0, 0.05) is 12.8 Å². The first-order valence-corrected chi connectivity index (χ1v) is 27.4. The average Bonchev–Trinajstić information content (AvgIpc) is 3.21. The van der Waals surface area contributed by atoms with Crippen LogP contribution in [0.1, 0.15) is 251 Å². The first kappa shape index (κ1) is 59.8. The number of hydrogen-bond donors (Lipinski definition) is 0. The van der Waals surface area contributed by atoms with E-state index >= 15 is 0 Å². The number of rotatable bonds is 48. The number of carbonyl (C=O) groups excluding carboxylic acids is 2. The van der Waals surface area contributed by atoms with Crippen LogP contribution in [0.25, 0.3) is 0 Å². The minimum absolute atomic E-state index is 0.0293. The van der Waals surface area contributed by atoms with Crippen molar-refractivity contribution in [3.05, 3.63) is 12.2 Å². The van der Waals surface area contributed by atoms with Gasteiger partial charge in [-0.3, -0.25) is 14.2 Å². The second kappa shape index (κ2) is 44.0. The van der Waals surface area contributed by atoms with E-state index in [1.165, 1.54) is 161 Å². The van der Waals surface area contributed by atoms with E-state index in [9.17, 15) is 19.0 Å². The van der Waals surface area contributed by atoms with E-state index in [0.717, 1.165) is 57.8 Å². The molecule has 2 unspecified atom stereocenters. The predicted octanol–water partition coefficient (Wildman–Crippen LogP) is 14.7. The number of allylic oxidation sites excluding steroid dienone is 2. The van der Waals surface area contributed by atoms with Crippen molar-refractivity contribution in [1.29, 1.82) is 0 Å². The zero-order valence-electron chi connectivity index (χ0n) is 40.9. The molecular formula is C51H100NO8P. The minimum Gasteiger partial charge on any atom is -0.756 e. The molecule has 10 heteroatoms.